The largest absolute Gasteiger partial charge is 0.373 e. The van der Waals surface area contributed by atoms with E-state index >= 15 is 0 Å². The summed E-state index contributed by atoms with van der Waals surface area (Å²) in [6.07, 6.45) is 3.44. The van der Waals surface area contributed by atoms with E-state index in [4.69, 9.17) is 0 Å². The molecule has 0 unspecified atom stereocenters. The van der Waals surface area contributed by atoms with E-state index in [9.17, 15) is 0 Å². The van der Waals surface area contributed by atoms with Gasteiger partial charge in [0.15, 0.2) is 5.16 Å². The number of anilines is 1. The highest BCUT2D eigenvalue weighted by atomic mass is 32.2. The van der Waals surface area contributed by atoms with Gasteiger partial charge in [-0.05, 0) is 30.0 Å². The minimum atomic E-state index is 0.707. The van der Waals surface area contributed by atoms with E-state index in [1.54, 1.807) is 18.5 Å². The highest BCUT2D eigenvalue weighted by Gasteiger charge is 2.00. The van der Waals surface area contributed by atoms with E-state index < -0.39 is 0 Å². The van der Waals surface area contributed by atoms with Crippen LogP contribution in [0.25, 0.3) is 0 Å². The van der Waals surface area contributed by atoms with Crippen molar-refractivity contribution in [3.8, 4) is 0 Å². The lowest BCUT2D eigenvalue weighted by molar-refractivity contribution is 0.960. The number of pyridine rings is 1. The number of nitrogens with zero attached hydrogens (tertiary/aromatic N) is 3. The number of aromatic nitrogens is 3. The monoisotopic (exact) mass is 218 g/mol. The van der Waals surface area contributed by atoms with Crippen LogP contribution in [0.3, 0.4) is 0 Å². The van der Waals surface area contributed by atoms with E-state index in [2.05, 4.69) is 20.3 Å². The predicted octanol–water partition coefficient (Wildman–Crippen LogP) is 2.06. The maximum atomic E-state index is 4.36. The number of rotatable bonds is 3. The van der Waals surface area contributed by atoms with Gasteiger partial charge >= 0.3 is 0 Å². The highest BCUT2D eigenvalue weighted by molar-refractivity contribution is 7.99. The van der Waals surface area contributed by atoms with Crippen LogP contribution in [0.4, 0.5) is 5.82 Å². The van der Waals surface area contributed by atoms with Crippen LogP contribution in [0.5, 0.6) is 0 Å². The Labute approximate surface area is 92.2 Å². The third-order valence-electron chi connectivity index (χ3n) is 1.72. The van der Waals surface area contributed by atoms with Crippen LogP contribution < -0.4 is 5.32 Å². The Morgan fingerprint density at radius 1 is 1.13 bits per heavy atom. The molecule has 0 saturated heterocycles. The molecule has 15 heavy (non-hydrogen) atoms. The molecule has 76 valence electrons. The first kappa shape index (κ1) is 9.92. The van der Waals surface area contributed by atoms with Crippen molar-refractivity contribution in [1.29, 1.82) is 0 Å². The summed E-state index contributed by atoms with van der Waals surface area (Å²) in [5.74, 6) is 0.843. The van der Waals surface area contributed by atoms with Crippen LogP contribution >= 0.6 is 11.8 Å². The van der Waals surface area contributed by atoms with Crippen LogP contribution in [-0.4, -0.2) is 22.0 Å². The molecule has 0 amide bonds. The van der Waals surface area contributed by atoms with Gasteiger partial charge in [0.25, 0.3) is 0 Å². The molecule has 2 heterocycles. The van der Waals surface area contributed by atoms with E-state index in [1.165, 1.54) is 11.8 Å². The predicted molar refractivity (Wildman–Crippen MR) is 59.9 cm³/mol. The molecule has 0 radical (unpaired) electrons. The first-order chi connectivity index (χ1) is 7.38. The topological polar surface area (TPSA) is 50.7 Å². The zero-order valence-electron chi connectivity index (χ0n) is 8.21. The Hall–Kier alpha value is -1.62. The van der Waals surface area contributed by atoms with Crippen molar-refractivity contribution in [2.45, 2.75) is 10.2 Å². The third kappa shape index (κ3) is 2.66. The summed E-state index contributed by atoms with van der Waals surface area (Å²) in [4.78, 5) is 12.6. The van der Waals surface area contributed by atoms with Gasteiger partial charge in [-0.3, -0.25) is 0 Å². The van der Waals surface area contributed by atoms with Crippen molar-refractivity contribution in [2.75, 3.05) is 12.4 Å². The average Bonchev–Trinajstić information content (AvgIpc) is 2.31. The van der Waals surface area contributed by atoms with E-state index in [0.29, 0.717) is 5.16 Å². The molecule has 2 aromatic rings. The maximum Gasteiger partial charge on any atom is 0.193 e. The molecular formula is C10H10N4S. The molecule has 0 saturated carbocycles. The van der Waals surface area contributed by atoms with Gasteiger partial charge in [-0.1, -0.05) is 6.07 Å². The second-order valence-electron chi connectivity index (χ2n) is 2.74. The summed E-state index contributed by atoms with van der Waals surface area (Å²) in [5, 5.41) is 4.58. The molecule has 1 N–H and O–H groups in total. The SMILES string of the molecule is CNc1cccc(Sc2ncccn2)n1. The third-order valence-corrected chi connectivity index (χ3v) is 2.55. The molecule has 0 aromatic carbocycles. The first-order valence-corrected chi connectivity index (χ1v) is 5.30. The quantitative estimate of drug-likeness (QED) is 0.799. The maximum absolute atomic E-state index is 4.36. The lowest BCUT2D eigenvalue weighted by Gasteiger charge is -2.01. The zero-order valence-corrected chi connectivity index (χ0v) is 9.03. The van der Waals surface area contributed by atoms with Crippen molar-refractivity contribution in [2.24, 2.45) is 0 Å². The Morgan fingerprint density at radius 2 is 1.93 bits per heavy atom. The number of nitrogens with one attached hydrogen (secondary N) is 1. The summed E-state index contributed by atoms with van der Waals surface area (Å²) < 4.78 is 0. The summed E-state index contributed by atoms with van der Waals surface area (Å²) >= 11 is 1.44. The summed E-state index contributed by atoms with van der Waals surface area (Å²) in [6.45, 7) is 0. The van der Waals surface area contributed by atoms with Crippen molar-refractivity contribution in [1.82, 2.24) is 15.0 Å². The Bertz CT molecular complexity index is 432. The summed E-state index contributed by atoms with van der Waals surface area (Å²) in [5.41, 5.74) is 0. The van der Waals surface area contributed by atoms with Gasteiger partial charge in [0.1, 0.15) is 10.8 Å². The Kier molecular flexibility index (Phi) is 3.14. The van der Waals surface area contributed by atoms with Crippen LogP contribution in [0.1, 0.15) is 0 Å². The van der Waals surface area contributed by atoms with Crippen molar-refractivity contribution in [3.63, 3.8) is 0 Å². The van der Waals surface area contributed by atoms with E-state index in [0.717, 1.165) is 10.8 Å². The van der Waals surface area contributed by atoms with E-state index in [1.807, 2.05) is 25.2 Å². The van der Waals surface area contributed by atoms with Crippen LogP contribution in [0.15, 0.2) is 46.8 Å². The summed E-state index contributed by atoms with van der Waals surface area (Å²) in [6, 6.07) is 7.59. The molecule has 2 rings (SSSR count). The van der Waals surface area contributed by atoms with Crippen LogP contribution in [-0.2, 0) is 0 Å². The molecule has 0 aliphatic rings. The van der Waals surface area contributed by atoms with Gasteiger partial charge in [0.05, 0.1) is 0 Å². The molecule has 0 atom stereocenters. The highest BCUT2D eigenvalue weighted by Crippen LogP contribution is 2.22. The zero-order chi connectivity index (χ0) is 10.5. The number of hydrogen-bond donors (Lipinski definition) is 1. The van der Waals surface area contributed by atoms with E-state index in [-0.39, 0.29) is 0 Å². The molecule has 5 heteroatoms. The van der Waals surface area contributed by atoms with Crippen LogP contribution in [0, 0.1) is 0 Å². The average molecular weight is 218 g/mol. The Morgan fingerprint density at radius 3 is 2.67 bits per heavy atom. The fourth-order valence-electron chi connectivity index (χ4n) is 1.04. The van der Waals surface area contributed by atoms with Crippen LogP contribution in [0.2, 0.25) is 0 Å². The Balaban J connectivity index is 2.17. The fourth-order valence-corrected chi connectivity index (χ4v) is 1.75. The second kappa shape index (κ2) is 4.75. The second-order valence-corrected chi connectivity index (χ2v) is 3.73. The van der Waals surface area contributed by atoms with Crippen molar-refractivity contribution < 1.29 is 0 Å². The lowest BCUT2D eigenvalue weighted by Crippen LogP contribution is -1.92. The number of hydrogen-bond acceptors (Lipinski definition) is 5. The van der Waals surface area contributed by atoms with Crippen molar-refractivity contribution >= 4 is 17.6 Å². The molecule has 2 aromatic heterocycles. The van der Waals surface area contributed by atoms with Gasteiger partial charge in [-0.25, -0.2) is 15.0 Å². The van der Waals surface area contributed by atoms with Gasteiger partial charge in [-0.2, -0.15) is 0 Å². The van der Waals surface area contributed by atoms with Gasteiger partial charge in [0.2, 0.25) is 0 Å². The molecule has 4 nitrogen and oxygen atoms in total. The first-order valence-electron chi connectivity index (χ1n) is 4.48. The molecular weight excluding hydrogens is 208 g/mol. The van der Waals surface area contributed by atoms with Crippen molar-refractivity contribution in [3.05, 3.63) is 36.7 Å². The molecule has 0 spiro atoms. The lowest BCUT2D eigenvalue weighted by atomic mass is 10.5. The van der Waals surface area contributed by atoms with Gasteiger partial charge < -0.3 is 5.32 Å². The molecule has 0 bridgehead atoms. The normalized spacial score (nSPS) is 9.93. The summed E-state index contributed by atoms with van der Waals surface area (Å²) in [7, 11) is 1.84. The minimum absolute atomic E-state index is 0.707. The van der Waals surface area contributed by atoms with Gasteiger partial charge in [-0.15, -0.1) is 0 Å². The molecule has 0 aliphatic heterocycles. The molecule has 0 fully saturated rings. The smallest absolute Gasteiger partial charge is 0.193 e. The standard InChI is InChI=1S/C10H10N4S/c1-11-8-4-2-5-9(14-8)15-10-12-6-3-7-13-10/h2-7H,1H3,(H,11,14). The van der Waals surface area contributed by atoms with Gasteiger partial charge in [0, 0.05) is 19.4 Å². The minimum Gasteiger partial charge on any atom is -0.373 e. The molecule has 0 aliphatic carbocycles. The fraction of sp³-hybridized carbons (Fsp3) is 0.100.